The van der Waals surface area contributed by atoms with Crippen molar-refractivity contribution < 1.29 is 14.0 Å². The molecule has 1 aromatic carbocycles. The largest absolute Gasteiger partial charge is 0.543 e. The van der Waals surface area contributed by atoms with Gasteiger partial charge in [0.2, 0.25) is 16.6 Å². The predicted octanol–water partition coefficient (Wildman–Crippen LogP) is 7.72. The molecule has 5 heteroatoms. The van der Waals surface area contributed by atoms with Crippen LogP contribution in [0.25, 0.3) is 0 Å². The van der Waals surface area contributed by atoms with Crippen molar-refractivity contribution in [3.05, 3.63) is 23.8 Å². The molecular weight excluding hydrogens is 404 g/mol. The van der Waals surface area contributed by atoms with Crippen molar-refractivity contribution in [3.8, 4) is 11.5 Å². The fourth-order valence-electron chi connectivity index (χ4n) is 3.54. The number of aliphatic hydroxyl groups excluding tert-OH is 1. The third-order valence-corrected chi connectivity index (χ3v) is 16.6. The van der Waals surface area contributed by atoms with Gasteiger partial charge in [-0.15, -0.1) is 0 Å². The first kappa shape index (κ1) is 25.5. The van der Waals surface area contributed by atoms with Crippen LogP contribution < -0.4 is 8.85 Å². The summed E-state index contributed by atoms with van der Waals surface area (Å²) in [6.45, 7) is 23.3. The zero-order valence-corrected chi connectivity index (χ0v) is 23.2. The van der Waals surface area contributed by atoms with E-state index in [2.05, 4.69) is 85.9 Å². The van der Waals surface area contributed by atoms with Crippen LogP contribution >= 0.6 is 0 Å². The minimum atomic E-state index is -1.96. The summed E-state index contributed by atoms with van der Waals surface area (Å²) in [4.78, 5) is 0. The maximum Gasteiger partial charge on any atom is 0.250 e. The van der Waals surface area contributed by atoms with E-state index in [1.54, 1.807) is 0 Å². The van der Waals surface area contributed by atoms with E-state index in [9.17, 15) is 5.11 Å². The summed E-state index contributed by atoms with van der Waals surface area (Å²) in [5.41, 5.74) is 1.33. The zero-order valence-electron chi connectivity index (χ0n) is 21.2. The second kappa shape index (κ2) is 8.99. The Bertz CT molecular complexity index is 706. The van der Waals surface area contributed by atoms with Gasteiger partial charge in [-0.05, 0) is 85.4 Å². The lowest BCUT2D eigenvalue weighted by Gasteiger charge is -2.39. The molecule has 0 amide bonds. The van der Waals surface area contributed by atoms with Crippen LogP contribution in [-0.4, -0.2) is 28.3 Å². The van der Waals surface area contributed by atoms with E-state index < -0.39 is 16.6 Å². The Balaban J connectivity index is 2.39. The highest BCUT2D eigenvalue weighted by molar-refractivity contribution is 6.75. The summed E-state index contributed by atoms with van der Waals surface area (Å²) in [5.74, 6) is 2.95. The summed E-state index contributed by atoms with van der Waals surface area (Å²) in [5, 5.41) is 9.83. The second-order valence-electron chi connectivity index (χ2n) is 12.3. The van der Waals surface area contributed by atoms with Crippen LogP contribution in [0.2, 0.25) is 36.3 Å². The van der Waals surface area contributed by atoms with Crippen LogP contribution in [0.1, 0.15) is 78.7 Å². The van der Waals surface area contributed by atoms with Gasteiger partial charge < -0.3 is 14.0 Å². The van der Waals surface area contributed by atoms with Gasteiger partial charge in [-0.3, -0.25) is 0 Å². The monoisotopic (exact) mass is 450 g/mol. The van der Waals surface area contributed by atoms with Crippen molar-refractivity contribution in [3.63, 3.8) is 0 Å². The molecule has 30 heavy (non-hydrogen) atoms. The Morgan fingerprint density at radius 3 is 1.80 bits per heavy atom. The first-order valence-electron chi connectivity index (χ1n) is 11.7. The Labute approximate surface area is 187 Å². The second-order valence-corrected chi connectivity index (χ2v) is 21.8. The van der Waals surface area contributed by atoms with Crippen molar-refractivity contribution in [1.29, 1.82) is 0 Å². The van der Waals surface area contributed by atoms with Gasteiger partial charge in [-0.1, -0.05) is 47.6 Å². The molecule has 1 aliphatic rings. The normalized spacial score (nSPS) is 21.4. The Morgan fingerprint density at radius 2 is 1.33 bits per heavy atom. The van der Waals surface area contributed by atoms with Crippen LogP contribution in [0.4, 0.5) is 0 Å². The molecule has 0 aliphatic heterocycles. The van der Waals surface area contributed by atoms with Gasteiger partial charge in [-0.25, -0.2) is 0 Å². The van der Waals surface area contributed by atoms with Gasteiger partial charge in [0.1, 0.15) is 11.5 Å². The van der Waals surface area contributed by atoms with E-state index in [-0.39, 0.29) is 10.1 Å². The maximum atomic E-state index is 9.52. The molecule has 0 aromatic heterocycles. The highest BCUT2D eigenvalue weighted by atomic mass is 28.4. The molecule has 0 unspecified atom stereocenters. The summed E-state index contributed by atoms with van der Waals surface area (Å²) < 4.78 is 13.5. The van der Waals surface area contributed by atoms with Gasteiger partial charge in [0.15, 0.2) is 0 Å². The number of rotatable bonds is 6. The molecule has 1 N–H and O–H groups in total. The Morgan fingerprint density at radius 1 is 0.833 bits per heavy atom. The number of benzene rings is 1. The molecular formula is C25H46O3Si2. The maximum absolute atomic E-state index is 9.52. The molecule has 172 valence electrons. The van der Waals surface area contributed by atoms with Crippen molar-refractivity contribution in [2.75, 3.05) is 6.61 Å². The Kier molecular flexibility index (Phi) is 7.63. The van der Waals surface area contributed by atoms with Gasteiger partial charge in [0, 0.05) is 12.7 Å². The van der Waals surface area contributed by atoms with Crippen molar-refractivity contribution in [2.45, 2.75) is 109 Å². The third kappa shape index (κ3) is 5.92. The van der Waals surface area contributed by atoms with Crippen LogP contribution in [0.5, 0.6) is 11.5 Å². The molecule has 0 bridgehead atoms. The molecule has 0 saturated heterocycles. The minimum absolute atomic E-state index is 0.148. The number of aliphatic hydroxyl groups is 1. The number of hydrogen-bond donors (Lipinski definition) is 1. The lowest BCUT2D eigenvalue weighted by molar-refractivity contribution is 0.182. The SMILES string of the molecule is CC(C)(C)[Si](C)(C)Oc1ccc([C@H]2CC[C@@H](CO)CC2)c(O[Si](C)(C)C(C)(C)C)c1. The fraction of sp³-hybridized carbons (Fsp3) is 0.760. The minimum Gasteiger partial charge on any atom is -0.543 e. The molecule has 2 rings (SSSR count). The third-order valence-electron chi connectivity index (χ3n) is 7.88. The predicted molar refractivity (Wildman–Crippen MR) is 134 cm³/mol. The first-order valence-corrected chi connectivity index (χ1v) is 17.5. The van der Waals surface area contributed by atoms with Crippen molar-refractivity contribution >= 4 is 16.6 Å². The van der Waals surface area contributed by atoms with Crippen LogP contribution in [0.15, 0.2) is 18.2 Å². The molecule has 1 fully saturated rings. The molecule has 0 radical (unpaired) electrons. The van der Waals surface area contributed by atoms with Gasteiger partial charge in [-0.2, -0.15) is 0 Å². The zero-order chi connectivity index (χ0) is 23.0. The lowest BCUT2D eigenvalue weighted by Crippen LogP contribution is -2.44. The molecule has 0 atom stereocenters. The van der Waals surface area contributed by atoms with Crippen LogP contribution in [-0.2, 0) is 0 Å². The molecule has 3 nitrogen and oxygen atoms in total. The Hall–Kier alpha value is -0.786. The van der Waals surface area contributed by atoms with Crippen molar-refractivity contribution in [1.82, 2.24) is 0 Å². The van der Waals surface area contributed by atoms with Gasteiger partial charge in [0.05, 0.1) is 0 Å². The highest BCUT2D eigenvalue weighted by Crippen LogP contribution is 2.45. The average Bonchev–Trinajstić information content (AvgIpc) is 2.59. The quantitative estimate of drug-likeness (QED) is 0.451. The lowest BCUT2D eigenvalue weighted by atomic mass is 9.79. The number of hydrogen-bond acceptors (Lipinski definition) is 3. The van der Waals surface area contributed by atoms with E-state index in [0.29, 0.717) is 18.4 Å². The topological polar surface area (TPSA) is 38.7 Å². The van der Waals surface area contributed by atoms with Gasteiger partial charge >= 0.3 is 0 Å². The highest BCUT2D eigenvalue weighted by Gasteiger charge is 2.41. The molecule has 1 aliphatic carbocycles. The average molecular weight is 451 g/mol. The fourth-order valence-corrected chi connectivity index (χ4v) is 5.59. The van der Waals surface area contributed by atoms with E-state index in [1.807, 2.05) is 0 Å². The smallest absolute Gasteiger partial charge is 0.250 e. The van der Waals surface area contributed by atoms with E-state index in [1.165, 1.54) is 5.56 Å². The van der Waals surface area contributed by atoms with E-state index >= 15 is 0 Å². The van der Waals surface area contributed by atoms with E-state index in [0.717, 1.165) is 37.2 Å². The summed E-state index contributed by atoms with van der Waals surface area (Å²) in [6, 6.07) is 6.59. The summed E-state index contributed by atoms with van der Waals surface area (Å²) >= 11 is 0. The molecule has 1 aromatic rings. The van der Waals surface area contributed by atoms with Crippen LogP contribution in [0.3, 0.4) is 0 Å². The summed E-state index contributed by atoms with van der Waals surface area (Å²) in [6.07, 6.45) is 4.45. The van der Waals surface area contributed by atoms with E-state index in [4.69, 9.17) is 8.85 Å². The summed E-state index contributed by atoms with van der Waals surface area (Å²) in [7, 11) is -3.87. The first-order chi connectivity index (χ1) is 13.6. The molecule has 0 heterocycles. The molecule has 0 spiro atoms. The standard InChI is InChI=1S/C25H46O3Si2/c1-24(2,3)29(7,8)27-21-15-16-22(20-13-11-19(18-26)12-14-20)23(17-21)28-30(9,10)25(4,5)6/h15-17,19-20,26H,11-14,18H2,1-10H3/t19-,20+. The van der Waals surface area contributed by atoms with Crippen LogP contribution in [0, 0.1) is 5.92 Å². The van der Waals surface area contributed by atoms with Crippen molar-refractivity contribution in [2.24, 2.45) is 5.92 Å². The van der Waals surface area contributed by atoms with Gasteiger partial charge in [0.25, 0.3) is 0 Å². The molecule has 1 saturated carbocycles.